The minimum Gasteiger partial charge on any atom is -0.478 e. The molecule has 0 saturated heterocycles. The van der Waals surface area contributed by atoms with Gasteiger partial charge in [-0.2, -0.15) is 8.78 Å². The van der Waals surface area contributed by atoms with Gasteiger partial charge in [0.15, 0.2) is 0 Å². The Hall–Kier alpha value is -1.96. The highest BCUT2D eigenvalue weighted by atomic mass is 35.5. The number of ether oxygens (including phenoxy) is 1. The number of hydrogen-bond donors (Lipinski definition) is 1. The van der Waals surface area contributed by atoms with Crippen LogP contribution >= 0.6 is 11.6 Å². The summed E-state index contributed by atoms with van der Waals surface area (Å²) in [5.74, 6) is -2.57. The number of carboxylic acid groups (broad SMARTS) is 1. The van der Waals surface area contributed by atoms with E-state index in [1.807, 2.05) is 0 Å². The molecule has 1 N–H and O–H groups in total. The maximum absolute atomic E-state index is 12.1. The number of alkyl halides is 3. The van der Waals surface area contributed by atoms with Gasteiger partial charge in [-0.05, 0) is 0 Å². The smallest absolute Gasteiger partial charge is 0.387 e. The van der Waals surface area contributed by atoms with E-state index in [1.54, 1.807) is 0 Å². The third-order valence-electron chi connectivity index (χ3n) is 1.98. The molecule has 0 aromatic heterocycles. The van der Waals surface area contributed by atoms with Crippen LogP contribution in [0.3, 0.4) is 0 Å². The molecule has 0 bridgehead atoms. The van der Waals surface area contributed by atoms with Gasteiger partial charge in [0.1, 0.15) is 5.75 Å². The van der Waals surface area contributed by atoms with E-state index in [0.29, 0.717) is 6.07 Å². The normalized spacial score (nSPS) is 10.4. The fourth-order valence-electron chi connectivity index (χ4n) is 1.27. The molecule has 0 saturated carbocycles. The van der Waals surface area contributed by atoms with E-state index in [0.717, 1.165) is 6.07 Å². The molecule has 1 rings (SSSR count). The number of rotatable bonds is 5. The van der Waals surface area contributed by atoms with Crippen molar-refractivity contribution in [2.75, 3.05) is 0 Å². The van der Waals surface area contributed by atoms with E-state index in [1.165, 1.54) is 0 Å². The minimum absolute atomic E-state index is 0.241. The van der Waals surface area contributed by atoms with E-state index in [2.05, 4.69) is 4.74 Å². The lowest BCUT2D eigenvalue weighted by atomic mass is 10.1. The van der Waals surface area contributed by atoms with E-state index in [-0.39, 0.29) is 5.56 Å². The molecule has 0 radical (unpaired) electrons. The van der Waals surface area contributed by atoms with E-state index < -0.39 is 40.4 Å². The van der Waals surface area contributed by atoms with Crippen molar-refractivity contribution < 1.29 is 28.3 Å². The van der Waals surface area contributed by atoms with Crippen molar-refractivity contribution in [1.82, 2.24) is 0 Å². The Kier molecular flexibility index (Phi) is 4.38. The first-order valence-corrected chi connectivity index (χ1v) is 4.95. The lowest BCUT2D eigenvalue weighted by Crippen LogP contribution is -2.09. The summed E-state index contributed by atoms with van der Waals surface area (Å²) in [5, 5.41) is 19.4. The SMILES string of the molecule is O=C(O)c1cc([N+](=O)[O-])cc(OC(F)F)c1CCl. The Morgan fingerprint density at radius 2 is 2.17 bits per heavy atom. The van der Waals surface area contributed by atoms with Gasteiger partial charge in [-0.25, -0.2) is 4.79 Å². The Morgan fingerprint density at radius 3 is 2.56 bits per heavy atom. The Labute approximate surface area is 104 Å². The molecule has 0 heterocycles. The van der Waals surface area contributed by atoms with Gasteiger partial charge in [0.05, 0.1) is 22.4 Å². The first kappa shape index (κ1) is 14.1. The van der Waals surface area contributed by atoms with Gasteiger partial charge in [-0.3, -0.25) is 10.1 Å². The van der Waals surface area contributed by atoms with E-state index in [4.69, 9.17) is 16.7 Å². The van der Waals surface area contributed by atoms with Crippen molar-refractivity contribution >= 4 is 23.3 Å². The fraction of sp³-hybridized carbons (Fsp3) is 0.222. The number of hydrogen-bond acceptors (Lipinski definition) is 4. The van der Waals surface area contributed by atoms with Crippen LogP contribution in [-0.4, -0.2) is 22.6 Å². The zero-order chi connectivity index (χ0) is 13.9. The molecular formula is C9H6ClF2NO5. The number of benzene rings is 1. The second-order valence-corrected chi connectivity index (χ2v) is 3.31. The average Bonchev–Trinajstić information content (AvgIpc) is 2.26. The summed E-state index contributed by atoms with van der Waals surface area (Å²) in [4.78, 5) is 20.5. The van der Waals surface area contributed by atoms with Gasteiger partial charge >= 0.3 is 12.6 Å². The highest BCUT2D eigenvalue weighted by Gasteiger charge is 2.22. The summed E-state index contributed by atoms with van der Waals surface area (Å²) < 4.78 is 28.3. The molecule has 0 spiro atoms. The van der Waals surface area contributed by atoms with Gasteiger partial charge in [-0.1, -0.05) is 0 Å². The highest BCUT2D eigenvalue weighted by molar-refractivity contribution is 6.18. The van der Waals surface area contributed by atoms with Crippen LogP contribution in [0, 0.1) is 10.1 Å². The quantitative estimate of drug-likeness (QED) is 0.509. The number of halogens is 3. The van der Waals surface area contributed by atoms with Crippen molar-refractivity contribution in [1.29, 1.82) is 0 Å². The van der Waals surface area contributed by atoms with Crippen LogP contribution < -0.4 is 4.74 Å². The molecule has 0 atom stereocenters. The molecule has 9 heteroatoms. The number of carbonyl (C=O) groups is 1. The second-order valence-electron chi connectivity index (χ2n) is 3.04. The Balaban J connectivity index is 3.45. The Morgan fingerprint density at radius 1 is 1.56 bits per heavy atom. The number of carboxylic acids is 1. The first-order valence-electron chi connectivity index (χ1n) is 4.42. The molecule has 98 valence electrons. The molecule has 1 aromatic carbocycles. The molecule has 0 amide bonds. The average molecular weight is 282 g/mol. The third kappa shape index (κ3) is 3.04. The van der Waals surface area contributed by atoms with Crippen LogP contribution in [-0.2, 0) is 5.88 Å². The largest absolute Gasteiger partial charge is 0.478 e. The molecule has 1 aromatic rings. The highest BCUT2D eigenvalue weighted by Crippen LogP contribution is 2.31. The zero-order valence-electron chi connectivity index (χ0n) is 8.60. The summed E-state index contributed by atoms with van der Waals surface area (Å²) in [6, 6.07) is 1.44. The molecule has 0 unspecified atom stereocenters. The van der Waals surface area contributed by atoms with Crippen LogP contribution in [0.4, 0.5) is 14.5 Å². The molecule has 18 heavy (non-hydrogen) atoms. The predicted octanol–water partition coefficient (Wildman–Crippen LogP) is 2.63. The Bertz CT molecular complexity index is 494. The van der Waals surface area contributed by atoms with Crippen LogP contribution in [0.1, 0.15) is 15.9 Å². The van der Waals surface area contributed by atoms with Crippen molar-refractivity contribution in [3.63, 3.8) is 0 Å². The lowest BCUT2D eigenvalue weighted by molar-refractivity contribution is -0.385. The second kappa shape index (κ2) is 5.58. The maximum Gasteiger partial charge on any atom is 0.387 e. The van der Waals surface area contributed by atoms with Crippen molar-refractivity contribution in [3.8, 4) is 5.75 Å². The number of nitro benzene ring substituents is 1. The minimum atomic E-state index is -3.24. The number of nitro groups is 1. The maximum atomic E-state index is 12.1. The summed E-state index contributed by atoms with van der Waals surface area (Å²) in [6.45, 7) is -3.24. The van der Waals surface area contributed by atoms with Crippen molar-refractivity contribution in [2.45, 2.75) is 12.5 Å². The first-order chi connectivity index (χ1) is 8.36. The molecule has 0 aliphatic carbocycles. The number of non-ortho nitro benzene ring substituents is 1. The molecule has 0 fully saturated rings. The van der Waals surface area contributed by atoms with Gasteiger partial charge < -0.3 is 9.84 Å². The third-order valence-corrected chi connectivity index (χ3v) is 2.25. The predicted molar refractivity (Wildman–Crippen MR) is 56.2 cm³/mol. The fourth-order valence-corrected chi connectivity index (χ4v) is 1.54. The summed E-state index contributed by atoms with van der Waals surface area (Å²) >= 11 is 5.44. The van der Waals surface area contributed by atoms with E-state index in [9.17, 15) is 23.7 Å². The topological polar surface area (TPSA) is 89.7 Å². The summed E-state index contributed by atoms with van der Waals surface area (Å²) in [7, 11) is 0. The molecule has 0 aliphatic rings. The van der Waals surface area contributed by atoms with Crippen LogP contribution in [0.5, 0.6) is 5.75 Å². The molecule has 6 nitrogen and oxygen atoms in total. The molecule has 0 aliphatic heterocycles. The van der Waals surface area contributed by atoms with Crippen molar-refractivity contribution in [3.05, 3.63) is 33.4 Å². The summed E-state index contributed by atoms with van der Waals surface area (Å²) in [6.07, 6.45) is 0. The van der Waals surface area contributed by atoms with Gasteiger partial charge in [0, 0.05) is 11.6 Å². The van der Waals surface area contributed by atoms with Gasteiger partial charge in [-0.15, -0.1) is 11.6 Å². The monoisotopic (exact) mass is 281 g/mol. The van der Waals surface area contributed by atoms with Crippen LogP contribution in [0.15, 0.2) is 12.1 Å². The number of aromatic carboxylic acids is 1. The van der Waals surface area contributed by atoms with E-state index >= 15 is 0 Å². The lowest BCUT2D eigenvalue weighted by Gasteiger charge is -2.11. The van der Waals surface area contributed by atoms with Crippen molar-refractivity contribution in [2.24, 2.45) is 0 Å². The van der Waals surface area contributed by atoms with Gasteiger partial charge in [0.25, 0.3) is 5.69 Å². The summed E-state index contributed by atoms with van der Waals surface area (Å²) in [5.41, 5.74) is -1.46. The number of nitrogens with zero attached hydrogens (tertiary/aromatic N) is 1. The van der Waals surface area contributed by atoms with Gasteiger partial charge in [0.2, 0.25) is 0 Å². The van der Waals surface area contributed by atoms with Crippen LogP contribution in [0.2, 0.25) is 0 Å². The standard InChI is InChI=1S/C9H6ClF2NO5/c10-3-6-5(8(14)15)1-4(13(16)17)2-7(6)18-9(11)12/h1-2,9H,3H2,(H,14,15). The zero-order valence-corrected chi connectivity index (χ0v) is 9.36. The molecular weight excluding hydrogens is 276 g/mol. The van der Waals surface area contributed by atoms with Crippen LogP contribution in [0.25, 0.3) is 0 Å².